The predicted molar refractivity (Wildman–Crippen MR) is 75.0 cm³/mol. The van der Waals surface area contributed by atoms with Crippen LogP contribution in [0.1, 0.15) is 22.5 Å². The number of aromatic carboxylic acids is 1. The van der Waals surface area contributed by atoms with Gasteiger partial charge in [0.25, 0.3) is 0 Å². The van der Waals surface area contributed by atoms with E-state index in [2.05, 4.69) is 9.97 Å². The van der Waals surface area contributed by atoms with Crippen LogP contribution in [0.3, 0.4) is 0 Å². The molecule has 1 saturated heterocycles. The fourth-order valence-electron chi connectivity index (χ4n) is 2.61. The second-order valence-corrected chi connectivity index (χ2v) is 5.36. The number of carboxylic acid groups (broad SMARTS) is 1. The number of benzene rings is 1. The van der Waals surface area contributed by atoms with E-state index in [-0.39, 0.29) is 30.8 Å². The van der Waals surface area contributed by atoms with Crippen LogP contribution >= 0.6 is 0 Å². The Morgan fingerprint density at radius 1 is 1.17 bits per heavy atom. The molecule has 1 aromatic heterocycles. The van der Waals surface area contributed by atoms with Gasteiger partial charge in [0.15, 0.2) is 11.4 Å². The molecule has 0 bridgehead atoms. The minimum Gasteiger partial charge on any atom is -0.476 e. The first kappa shape index (κ1) is 15.3. The van der Waals surface area contributed by atoms with Crippen molar-refractivity contribution >= 4 is 11.8 Å². The molecule has 0 aliphatic carbocycles. The molecule has 1 aliphatic heterocycles. The first-order valence-electron chi connectivity index (χ1n) is 6.83. The van der Waals surface area contributed by atoms with Crippen molar-refractivity contribution < 1.29 is 23.1 Å². The highest BCUT2D eigenvalue weighted by Gasteiger charge is 2.41. The zero-order valence-electron chi connectivity index (χ0n) is 11.8. The number of halogens is 3. The van der Waals surface area contributed by atoms with Gasteiger partial charge in [-0.1, -0.05) is 0 Å². The Balaban J connectivity index is 1.83. The number of hydrogen-bond acceptors (Lipinski definition) is 4. The number of alkyl halides is 1. The normalized spacial score (nSPS) is 20.7. The van der Waals surface area contributed by atoms with Gasteiger partial charge < -0.3 is 10.0 Å². The molecule has 0 saturated carbocycles. The first-order chi connectivity index (χ1) is 10.9. The van der Waals surface area contributed by atoms with Gasteiger partial charge in [0.1, 0.15) is 17.5 Å². The van der Waals surface area contributed by atoms with Gasteiger partial charge >= 0.3 is 5.97 Å². The van der Waals surface area contributed by atoms with E-state index >= 15 is 4.39 Å². The van der Waals surface area contributed by atoms with Crippen molar-refractivity contribution in [3.8, 4) is 0 Å². The molecule has 1 atom stereocenters. The third kappa shape index (κ3) is 2.96. The molecule has 8 heteroatoms. The molecular weight excluding hydrogens is 311 g/mol. The average Bonchev–Trinajstić information content (AvgIpc) is 2.90. The van der Waals surface area contributed by atoms with Crippen molar-refractivity contribution in [2.45, 2.75) is 12.1 Å². The monoisotopic (exact) mass is 323 g/mol. The van der Waals surface area contributed by atoms with Crippen LogP contribution in [-0.2, 0) is 5.67 Å². The van der Waals surface area contributed by atoms with Gasteiger partial charge in [-0.15, -0.1) is 0 Å². The van der Waals surface area contributed by atoms with E-state index in [0.29, 0.717) is 11.9 Å². The molecule has 23 heavy (non-hydrogen) atoms. The lowest BCUT2D eigenvalue weighted by molar-refractivity contribution is 0.0690. The summed E-state index contributed by atoms with van der Waals surface area (Å²) in [5.41, 5.74) is -2.19. The highest BCUT2D eigenvalue weighted by Crippen LogP contribution is 2.38. The van der Waals surface area contributed by atoms with Crippen molar-refractivity contribution in [1.29, 1.82) is 0 Å². The summed E-state index contributed by atoms with van der Waals surface area (Å²) < 4.78 is 41.6. The van der Waals surface area contributed by atoms with Crippen LogP contribution in [0.25, 0.3) is 0 Å². The lowest BCUT2D eigenvalue weighted by Gasteiger charge is -2.22. The summed E-state index contributed by atoms with van der Waals surface area (Å²) in [7, 11) is 0. The van der Waals surface area contributed by atoms with Crippen LogP contribution in [0.2, 0.25) is 0 Å². The lowest BCUT2D eigenvalue weighted by Crippen LogP contribution is -2.28. The molecule has 1 aromatic carbocycles. The number of nitrogens with zero attached hydrogens (tertiary/aromatic N) is 3. The zero-order chi connectivity index (χ0) is 16.6. The van der Waals surface area contributed by atoms with Crippen LogP contribution in [0.5, 0.6) is 0 Å². The number of carbonyl (C=O) groups is 1. The number of hydrogen-bond donors (Lipinski definition) is 1. The molecule has 3 rings (SSSR count). The van der Waals surface area contributed by atoms with Gasteiger partial charge in [0.2, 0.25) is 0 Å². The van der Waals surface area contributed by atoms with Crippen molar-refractivity contribution in [2.24, 2.45) is 0 Å². The molecule has 0 spiro atoms. The van der Waals surface area contributed by atoms with E-state index in [1.165, 1.54) is 6.20 Å². The van der Waals surface area contributed by atoms with Gasteiger partial charge in [-0.25, -0.2) is 27.9 Å². The SMILES string of the molecule is O=C(O)c1cnc(N2CCC(F)(c3cc(F)cc(F)c3)C2)cn1. The van der Waals surface area contributed by atoms with Crippen LogP contribution in [0, 0.1) is 11.6 Å². The first-order valence-corrected chi connectivity index (χ1v) is 6.83. The van der Waals surface area contributed by atoms with Crippen molar-refractivity contribution in [2.75, 3.05) is 18.0 Å². The number of aromatic nitrogens is 2. The fraction of sp³-hybridized carbons (Fsp3) is 0.267. The van der Waals surface area contributed by atoms with Crippen molar-refractivity contribution in [3.05, 3.63) is 53.5 Å². The third-order valence-electron chi connectivity index (χ3n) is 3.78. The Kier molecular flexibility index (Phi) is 3.67. The smallest absolute Gasteiger partial charge is 0.356 e. The summed E-state index contributed by atoms with van der Waals surface area (Å²) >= 11 is 0. The van der Waals surface area contributed by atoms with Gasteiger partial charge in [-0.3, -0.25) is 0 Å². The number of anilines is 1. The molecule has 1 unspecified atom stereocenters. The standard InChI is InChI=1S/C15H12F3N3O2/c16-10-3-9(4-11(17)5-10)15(18)1-2-21(8-15)13-7-19-12(6-20-13)14(22)23/h3-7H,1-2,8H2,(H,22,23). The van der Waals surface area contributed by atoms with Crippen LogP contribution in [0.15, 0.2) is 30.6 Å². The van der Waals surface area contributed by atoms with E-state index < -0.39 is 23.3 Å². The summed E-state index contributed by atoms with van der Waals surface area (Å²) in [6.45, 7) is 0.132. The molecule has 5 nitrogen and oxygen atoms in total. The molecule has 1 fully saturated rings. The highest BCUT2D eigenvalue weighted by molar-refractivity contribution is 5.84. The van der Waals surface area contributed by atoms with E-state index in [4.69, 9.17) is 5.11 Å². The quantitative estimate of drug-likeness (QED) is 0.940. The summed E-state index contributed by atoms with van der Waals surface area (Å²) in [5, 5.41) is 8.78. The van der Waals surface area contributed by atoms with Crippen LogP contribution in [0.4, 0.5) is 19.0 Å². The van der Waals surface area contributed by atoms with Crippen LogP contribution < -0.4 is 4.90 Å². The lowest BCUT2D eigenvalue weighted by atomic mass is 9.95. The Hall–Kier alpha value is -2.64. The molecule has 1 aliphatic rings. The fourth-order valence-corrected chi connectivity index (χ4v) is 2.61. The Morgan fingerprint density at radius 2 is 1.87 bits per heavy atom. The average molecular weight is 323 g/mol. The Morgan fingerprint density at radius 3 is 2.43 bits per heavy atom. The number of carboxylic acids is 1. The van der Waals surface area contributed by atoms with E-state index in [0.717, 1.165) is 18.3 Å². The Bertz CT molecular complexity index is 734. The van der Waals surface area contributed by atoms with Crippen molar-refractivity contribution in [3.63, 3.8) is 0 Å². The van der Waals surface area contributed by atoms with Crippen LogP contribution in [-0.4, -0.2) is 34.1 Å². The largest absolute Gasteiger partial charge is 0.476 e. The van der Waals surface area contributed by atoms with E-state index in [9.17, 15) is 13.6 Å². The summed E-state index contributed by atoms with van der Waals surface area (Å²) in [4.78, 5) is 20.0. The summed E-state index contributed by atoms with van der Waals surface area (Å²) in [6.07, 6.45) is 2.36. The second-order valence-electron chi connectivity index (χ2n) is 5.36. The Labute approximate surface area is 129 Å². The maximum absolute atomic E-state index is 15.0. The van der Waals surface area contributed by atoms with Gasteiger partial charge in [-0.05, 0) is 17.7 Å². The van der Waals surface area contributed by atoms with Crippen molar-refractivity contribution in [1.82, 2.24) is 9.97 Å². The van der Waals surface area contributed by atoms with Gasteiger partial charge in [-0.2, -0.15) is 0 Å². The second kappa shape index (κ2) is 5.53. The molecule has 0 amide bonds. The molecule has 0 radical (unpaired) electrons. The molecule has 2 aromatic rings. The maximum Gasteiger partial charge on any atom is 0.356 e. The molecular formula is C15H12F3N3O2. The number of rotatable bonds is 3. The minimum absolute atomic E-state index is 0.0399. The van der Waals surface area contributed by atoms with Gasteiger partial charge in [0.05, 0.1) is 18.9 Å². The molecule has 2 heterocycles. The topological polar surface area (TPSA) is 66.3 Å². The summed E-state index contributed by atoms with van der Waals surface area (Å²) in [5.74, 6) is -2.56. The van der Waals surface area contributed by atoms with Gasteiger partial charge in [0, 0.05) is 19.0 Å². The highest BCUT2D eigenvalue weighted by atomic mass is 19.1. The molecule has 1 N–H and O–H groups in total. The van der Waals surface area contributed by atoms with E-state index in [1.807, 2.05) is 0 Å². The third-order valence-corrected chi connectivity index (χ3v) is 3.78. The minimum atomic E-state index is -1.91. The maximum atomic E-state index is 15.0. The predicted octanol–water partition coefficient (Wildman–Crippen LogP) is 2.53. The summed E-state index contributed by atoms with van der Waals surface area (Å²) in [6, 6.07) is 2.65. The zero-order valence-corrected chi connectivity index (χ0v) is 11.8. The molecule has 120 valence electrons. The van der Waals surface area contributed by atoms with E-state index in [1.54, 1.807) is 4.90 Å².